The van der Waals surface area contributed by atoms with Crippen LogP contribution in [0.15, 0.2) is 30.3 Å². The largest absolute Gasteiger partial charge is 0.436 e. The number of fused-ring (bicyclic) bond motifs is 1. The lowest BCUT2D eigenvalue weighted by Gasteiger charge is -2.41. The first kappa shape index (κ1) is 26.5. The minimum absolute atomic E-state index is 0.576. The molecule has 1 saturated heterocycles. The molecule has 182 valence electrons. The maximum atomic E-state index is 6.83. The fourth-order valence-corrected chi connectivity index (χ4v) is 24.7. The first-order chi connectivity index (χ1) is 14.7. The van der Waals surface area contributed by atoms with Crippen LogP contribution in [0.25, 0.3) is 0 Å². The van der Waals surface area contributed by atoms with E-state index in [2.05, 4.69) is 82.7 Å². The topological polar surface area (TPSA) is 40.2 Å². The molecule has 0 bridgehead atoms. The van der Waals surface area contributed by atoms with Crippen LogP contribution < -0.4 is 0 Å². The van der Waals surface area contributed by atoms with Crippen molar-refractivity contribution in [3.63, 3.8) is 0 Å². The Morgan fingerprint density at radius 3 is 1.94 bits per heavy atom. The van der Waals surface area contributed by atoms with E-state index in [9.17, 15) is 0 Å². The molecule has 1 aliphatic carbocycles. The summed E-state index contributed by atoms with van der Waals surface area (Å²) in [6.45, 7) is 18.3. The highest BCUT2D eigenvalue weighted by Gasteiger charge is 2.45. The summed E-state index contributed by atoms with van der Waals surface area (Å²) in [6, 6.07) is 13.1. The van der Waals surface area contributed by atoms with Crippen molar-refractivity contribution in [1.82, 2.24) is 0 Å². The van der Waals surface area contributed by atoms with Gasteiger partial charge in [0, 0.05) is 0 Å². The second-order valence-electron chi connectivity index (χ2n) is 12.0. The van der Waals surface area contributed by atoms with Crippen LogP contribution in [-0.2, 0) is 23.5 Å². The van der Waals surface area contributed by atoms with Gasteiger partial charge in [0.15, 0.2) is 16.6 Å². The number of aryl methyl sites for hydroxylation is 1. The molecule has 0 aromatic heterocycles. The average Bonchev–Trinajstić information content (AvgIpc) is 3.42. The predicted octanol–water partition coefficient (Wildman–Crippen LogP) is 7.05. The zero-order chi connectivity index (χ0) is 23.6. The lowest BCUT2D eigenvalue weighted by atomic mass is 9.88. The monoisotopic (exact) mass is 510 g/mol. The molecular formula is C24H46O4Si4. The quantitative estimate of drug-likeness (QED) is 0.223. The number of ether oxygens (including phenoxy) is 1. The van der Waals surface area contributed by atoms with Crippen LogP contribution in [0.2, 0.25) is 64.5 Å². The van der Waals surface area contributed by atoms with Crippen LogP contribution in [0, 0.1) is 5.92 Å². The summed E-state index contributed by atoms with van der Waals surface area (Å²) in [5.41, 5.74) is 1.39. The highest BCUT2D eigenvalue weighted by molar-refractivity contribution is 6.89. The lowest BCUT2D eigenvalue weighted by molar-refractivity contribution is 0.323. The normalized spacial score (nSPS) is 24.3. The second kappa shape index (κ2) is 10.3. The van der Waals surface area contributed by atoms with E-state index in [1.807, 2.05) is 0 Å². The maximum absolute atomic E-state index is 6.83. The molecule has 1 aromatic rings. The Hall–Kier alpha value is -0.0725. The van der Waals surface area contributed by atoms with Crippen molar-refractivity contribution in [2.24, 2.45) is 5.92 Å². The Kier molecular flexibility index (Phi) is 8.52. The van der Waals surface area contributed by atoms with Crippen molar-refractivity contribution >= 4 is 33.8 Å². The first-order valence-corrected chi connectivity index (χ1v) is 24.4. The van der Waals surface area contributed by atoms with Gasteiger partial charge in [-0.3, -0.25) is 0 Å². The van der Waals surface area contributed by atoms with E-state index < -0.39 is 33.8 Å². The molecule has 3 unspecified atom stereocenters. The third-order valence-corrected chi connectivity index (χ3v) is 21.9. The Balaban J connectivity index is 1.46. The van der Waals surface area contributed by atoms with Crippen molar-refractivity contribution < 1.29 is 17.1 Å². The molecule has 0 N–H and O–H groups in total. The van der Waals surface area contributed by atoms with Gasteiger partial charge in [-0.15, -0.1) is 0 Å². The van der Waals surface area contributed by atoms with Crippen molar-refractivity contribution in [2.45, 2.75) is 109 Å². The molecule has 0 radical (unpaired) electrons. The van der Waals surface area contributed by atoms with Crippen molar-refractivity contribution in [3.05, 3.63) is 35.9 Å². The zero-order valence-corrected chi connectivity index (χ0v) is 25.7. The van der Waals surface area contributed by atoms with Crippen LogP contribution in [0.5, 0.6) is 0 Å². The Morgan fingerprint density at radius 2 is 1.34 bits per heavy atom. The van der Waals surface area contributed by atoms with E-state index in [1.165, 1.54) is 37.3 Å². The van der Waals surface area contributed by atoms with Gasteiger partial charge < -0.3 is 17.1 Å². The van der Waals surface area contributed by atoms with Gasteiger partial charge in [0.05, 0.1) is 12.2 Å². The smallest absolute Gasteiger partial charge is 0.312 e. The number of hydrogen-bond donors (Lipinski definition) is 0. The van der Waals surface area contributed by atoms with E-state index in [1.54, 1.807) is 0 Å². The zero-order valence-electron chi connectivity index (χ0n) is 21.7. The Labute approximate surface area is 201 Å². The van der Waals surface area contributed by atoms with Gasteiger partial charge in [-0.05, 0) is 102 Å². The highest BCUT2D eigenvalue weighted by atomic mass is 28.5. The van der Waals surface area contributed by atoms with Crippen LogP contribution in [0.1, 0.15) is 31.2 Å². The van der Waals surface area contributed by atoms with E-state index in [4.69, 9.17) is 17.1 Å². The molecule has 2 aliphatic rings. The molecule has 8 heteroatoms. The number of rotatable bonds is 12. The summed E-state index contributed by atoms with van der Waals surface area (Å²) in [5.74, 6) is 0.824. The van der Waals surface area contributed by atoms with Gasteiger partial charge in [0.25, 0.3) is 0 Å². The number of benzene rings is 1. The summed E-state index contributed by atoms with van der Waals surface area (Å²) >= 11 is 0. The summed E-state index contributed by atoms with van der Waals surface area (Å²) in [6.07, 6.45) is 7.40. The Bertz CT molecular complexity index is 739. The fraction of sp³-hybridized carbons (Fsp3) is 0.750. The van der Waals surface area contributed by atoms with Gasteiger partial charge in [-0.25, -0.2) is 0 Å². The van der Waals surface area contributed by atoms with Crippen LogP contribution in [0.4, 0.5) is 0 Å². The van der Waals surface area contributed by atoms with Gasteiger partial charge in [-0.1, -0.05) is 36.8 Å². The van der Waals surface area contributed by atoms with E-state index in [0.717, 1.165) is 18.4 Å². The lowest BCUT2D eigenvalue weighted by Crippen LogP contribution is -2.56. The standard InChI is InChI=1S/C24H46O4Si4/c1-29(2,18-16-21-12-10-9-11-13-21)26-31(5,6)28-32(7,8)27-30(3,4)19-17-22-14-15-23-24(20-22)25-23/h9-13,22-24H,14-20H2,1-8H3. The molecule has 1 saturated carbocycles. The molecule has 1 aromatic carbocycles. The summed E-state index contributed by atoms with van der Waals surface area (Å²) in [4.78, 5) is 0. The SMILES string of the molecule is C[Si](C)(CCc1ccccc1)O[Si](C)(C)O[Si](C)(C)O[Si](C)(C)CCC1CCC2OC2C1. The van der Waals surface area contributed by atoms with Gasteiger partial charge in [-0.2, -0.15) is 0 Å². The van der Waals surface area contributed by atoms with Crippen LogP contribution in [-0.4, -0.2) is 46.0 Å². The van der Waals surface area contributed by atoms with Crippen LogP contribution in [0.3, 0.4) is 0 Å². The van der Waals surface area contributed by atoms with Crippen molar-refractivity contribution in [1.29, 1.82) is 0 Å². The molecule has 1 aliphatic heterocycles. The van der Waals surface area contributed by atoms with E-state index in [-0.39, 0.29) is 0 Å². The molecular weight excluding hydrogens is 465 g/mol. The van der Waals surface area contributed by atoms with Crippen LogP contribution >= 0.6 is 0 Å². The molecule has 2 fully saturated rings. The number of epoxide rings is 1. The molecule has 0 amide bonds. The second-order valence-corrected chi connectivity index (χ2v) is 28.1. The van der Waals surface area contributed by atoms with Gasteiger partial charge >= 0.3 is 17.1 Å². The minimum atomic E-state index is -2.27. The molecule has 32 heavy (non-hydrogen) atoms. The van der Waals surface area contributed by atoms with Crippen molar-refractivity contribution in [3.8, 4) is 0 Å². The van der Waals surface area contributed by atoms with Crippen molar-refractivity contribution in [2.75, 3.05) is 0 Å². The average molecular weight is 511 g/mol. The summed E-state index contributed by atoms with van der Waals surface area (Å²) in [5, 5.41) is 0. The summed E-state index contributed by atoms with van der Waals surface area (Å²) in [7, 11) is -8.12. The molecule has 4 nitrogen and oxygen atoms in total. The van der Waals surface area contributed by atoms with Gasteiger partial charge in [0.2, 0.25) is 0 Å². The Morgan fingerprint density at radius 1 is 0.750 bits per heavy atom. The molecule has 0 spiro atoms. The fourth-order valence-electron chi connectivity index (χ4n) is 5.46. The number of hydrogen-bond acceptors (Lipinski definition) is 4. The third kappa shape index (κ3) is 8.94. The first-order valence-electron chi connectivity index (χ1n) is 12.5. The molecule has 1 heterocycles. The predicted molar refractivity (Wildman–Crippen MR) is 144 cm³/mol. The van der Waals surface area contributed by atoms with E-state index >= 15 is 0 Å². The molecule has 3 atom stereocenters. The summed E-state index contributed by atoms with van der Waals surface area (Å²) < 4.78 is 26.1. The third-order valence-electron chi connectivity index (χ3n) is 6.66. The minimum Gasteiger partial charge on any atom is -0.436 e. The maximum Gasteiger partial charge on any atom is 0.312 e. The highest BCUT2D eigenvalue weighted by Crippen LogP contribution is 2.41. The van der Waals surface area contributed by atoms with E-state index in [0.29, 0.717) is 12.2 Å². The molecule has 3 rings (SSSR count). The van der Waals surface area contributed by atoms with Gasteiger partial charge in [0.1, 0.15) is 0 Å².